The first-order chi connectivity index (χ1) is 19.6. The number of hydrogen-bond acceptors (Lipinski definition) is 3. The van der Waals surface area contributed by atoms with E-state index in [1.165, 1.54) is 32.1 Å². The van der Waals surface area contributed by atoms with Crippen LogP contribution >= 0.6 is 0 Å². The summed E-state index contributed by atoms with van der Waals surface area (Å²) in [5.41, 5.74) is 1.13. The fourth-order valence-electron chi connectivity index (χ4n) is 8.82. The average Bonchev–Trinajstić information content (AvgIpc) is 3.54. The van der Waals surface area contributed by atoms with Crippen molar-refractivity contribution in [3.63, 3.8) is 0 Å². The van der Waals surface area contributed by atoms with Crippen molar-refractivity contribution < 1.29 is 14.3 Å². The van der Waals surface area contributed by atoms with Gasteiger partial charge in [-0.1, -0.05) is 65.7 Å². The molecule has 6 heteroatoms. The minimum absolute atomic E-state index is 0.0311. The smallest absolute Gasteiger partial charge is 0.271 e. The molecule has 0 bridgehead atoms. The van der Waals surface area contributed by atoms with E-state index in [0.29, 0.717) is 12.0 Å². The van der Waals surface area contributed by atoms with Crippen LogP contribution in [0.5, 0.6) is 0 Å². The number of carbonyl (C=O) groups excluding carboxylic acids is 2. The van der Waals surface area contributed by atoms with Gasteiger partial charge < -0.3 is 18.8 Å². The molecule has 0 N–H and O–H groups in total. The van der Waals surface area contributed by atoms with E-state index in [9.17, 15) is 9.59 Å². The maximum atomic E-state index is 14.2. The van der Waals surface area contributed by atoms with E-state index in [1.54, 1.807) is 0 Å². The summed E-state index contributed by atoms with van der Waals surface area (Å²) in [6, 6.07) is 8.86. The number of amides is 1. The summed E-state index contributed by atoms with van der Waals surface area (Å²) in [6.45, 7) is 11.0. The first-order valence-electron chi connectivity index (χ1n) is 16.4. The Morgan fingerprint density at radius 3 is 2.10 bits per heavy atom. The van der Waals surface area contributed by atoms with Crippen LogP contribution in [0.1, 0.15) is 145 Å². The van der Waals surface area contributed by atoms with E-state index in [2.05, 4.69) is 67.1 Å². The molecular weight excluding hydrogens is 510 g/mol. The van der Waals surface area contributed by atoms with Gasteiger partial charge in [0.1, 0.15) is 11.8 Å². The van der Waals surface area contributed by atoms with Crippen LogP contribution in [0.4, 0.5) is 0 Å². The summed E-state index contributed by atoms with van der Waals surface area (Å²) < 4.78 is 11.3. The minimum atomic E-state index is -0.429. The molecule has 2 aliphatic carbocycles. The highest BCUT2D eigenvalue weighted by atomic mass is 16.5. The van der Waals surface area contributed by atoms with Crippen molar-refractivity contribution in [1.82, 2.24) is 14.0 Å². The normalized spacial score (nSPS) is 31.5. The van der Waals surface area contributed by atoms with Gasteiger partial charge in [-0.2, -0.15) is 0 Å². The topological polar surface area (TPSA) is 56.5 Å². The number of fused-ring (bicyclic) bond motifs is 6. The number of rotatable bonds is 3. The molecule has 0 radical (unpaired) electrons. The molecule has 6 rings (SSSR count). The predicted octanol–water partition coefficient (Wildman–Crippen LogP) is 8.00. The molecule has 2 aliphatic heterocycles. The summed E-state index contributed by atoms with van der Waals surface area (Å²) in [5.74, 6) is 0.771. The van der Waals surface area contributed by atoms with E-state index in [-0.39, 0.29) is 40.8 Å². The zero-order valence-corrected chi connectivity index (χ0v) is 26.0. The lowest BCUT2D eigenvalue weighted by Crippen LogP contribution is -2.59. The van der Waals surface area contributed by atoms with Gasteiger partial charge in [0.25, 0.3) is 5.91 Å². The molecule has 6 nitrogen and oxygen atoms in total. The number of carbonyl (C=O) groups is 2. The number of aromatic nitrogens is 2. The van der Waals surface area contributed by atoms with E-state index in [0.717, 1.165) is 56.3 Å². The zero-order valence-electron chi connectivity index (χ0n) is 26.0. The first kappa shape index (κ1) is 28.8. The van der Waals surface area contributed by atoms with Crippen LogP contribution in [0.2, 0.25) is 0 Å². The summed E-state index contributed by atoms with van der Waals surface area (Å²) in [7, 11) is 0. The molecule has 4 aliphatic rings. The highest BCUT2D eigenvalue weighted by Gasteiger charge is 2.48. The van der Waals surface area contributed by atoms with Gasteiger partial charge in [-0.3, -0.25) is 9.59 Å². The van der Waals surface area contributed by atoms with E-state index < -0.39 is 6.10 Å². The number of Topliss-reactive ketones (excluding diaryl/α,β-unsaturated/α-hetero) is 1. The van der Waals surface area contributed by atoms with Crippen LogP contribution in [0.25, 0.3) is 0 Å². The molecule has 2 saturated carbocycles. The third-order valence-electron chi connectivity index (χ3n) is 10.6. The fraction of sp³-hybridized carbons (Fsp3) is 0.714. The SMILES string of the molecule is CC(C)(C)C1OC2CCCC(CC(C)(C)N3C(=O)c4cccn4C4CCCCCCCC43)CC2n2cccc2C1=O. The number of hydrogen-bond donors (Lipinski definition) is 0. The van der Waals surface area contributed by atoms with Gasteiger partial charge >= 0.3 is 0 Å². The van der Waals surface area contributed by atoms with Crippen LogP contribution in [-0.4, -0.2) is 49.5 Å². The van der Waals surface area contributed by atoms with Crippen LogP contribution in [0.15, 0.2) is 36.7 Å². The highest BCUT2D eigenvalue weighted by Crippen LogP contribution is 2.45. The summed E-state index contributed by atoms with van der Waals surface area (Å²) in [4.78, 5) is 30.1. The Labute approximate surface area is 246 Å². The second kappa shape index (κ2) is 11.1. The van der Waals surface area contributed by atoms with Crippen molar-refractivity contribution in [1.29, 1.82) is 0 Å². The van der Waals surface area contributed by atoms with Crippen molar-refractivity contribution in [3.8, 4) is 0 Å². The van der Waals surface area contributed by atoms with Gasteiger partial charge in [-0.15, -0.1) is 0 Å². The van der Waals surface area contributed by atoms with Gasteiger partial charge in [0.05, 0.1) is 29.9 Å². The molecule has 2 aromatic rings. The predicted molar refractivity (Wildman–Crippen MR) is 162 cm³/mol. The molecular formula is C35H51N3O3. The Bertz CT molecular complexity index is 1250. The Balaban J connectivity index is 1.28. The van der Waals surface area contributed by atoms with Crippen LogP contribution in [0, 0.1) is 11.3 Å². The van der Waals surface area contributed by atoms with Gasteiger partial charge in [-0.05, 0) is 81.5 Å². The van der Waals surface area contributed by atoms with Crippen molar-refractivity contribution in [2.45, 2.75) is 148 Å². The molecule has 2 aromatic heterocycles. The molecule has 6 unspecified atom stereocenters. The average molecular weight is 562 g/mol. The second-order valence-corrected chi connectivity index (χ2v) is 15.2. The third-order valence-corrected chi connectivity index (χ3v) is 10.6. The third kappa shape index (κ3) is 5.34. The largest absolute Gasteiger partial charge is 0.364 e. The van der Waals surface area contributed by atoms with Crippen LogP contribution < -0.4 is 0 Å². The Morgan fingerprint density at radius 1 is 0.756 bits per heavy atom. The Hall–Kier alpha value is -2.34. The molecule has 2 fully saturated rings. The first-order valence-corrected chi connectivity index (χ1v) is 16.4. The standard InChI is InChI=1S/C35H51N3O3/c1-34(2,3)32-31(39)27-17-12-21-37(27)29-22-24(14-11-19-30(29)41-32)23-35(4,5)38-26-16-10-8-6-7-9-15-25(26)36-20-13-18-28(36)33(38)40/h12-13,17-18,20-21,24-26,29-30,32H,6-11,14-16,19,22-23H2,1-5H3. The lowest BCUT2D eigenvalue weighted by atomic mass is 9.80. The lowest BCUT2D eigenvalue weighted by Gasteiger charge is -2.51. The molecule has 0 spiro atoms. The molecule has 6 atom stereocenters. The number of ether oxygens (including phenoxy) is 1. The van der Waals surface area contributed by atoms with E-state index >= 15 is 0 Å². The fourth-order valence-corrected chi connectivity index (χ4v) is 8.82. The summed E-state index contributed by atoms with van der Waals surface area (Å²) in [5, 5.41) is 0. The van der Waals surface area contributed by atoms with Crippen molar-refractivity contribution in [2.75, 3.05) is 0 Å². The number of ketones is 1. The van der Waals surface area contributed by atoms with E-state index in [1.807, 2.05) is 18.2 Å². The quantitative estimate of drug-likeness (QED) is 0.382. The number of nitrogens with zero attached hydrogens (tertiary/aromatic N) is 3. The Morgan fingerprint density at radius 2 is 1.39 bits per heavy atom. The maximum Gasteiger partial charge on any atom is 0.271 e. The molecule has 41 heavy (non-hydrogen) atoms. The van der Waals surface area contributed by atoms with Crippen LogP contribution in [-0.2, 0) is 4.74 Å². The van der Waals surface area contributed by atoms with Crippen molar-refractivity contribution in [2.24, 2.45) is 11.3 Å². The second-order valence-electron chi connectivity index (χ2n) is 15.2. The summed E-state index contributed by atoms with van der Waals surface area (Å²) in [6.07, 6.45) is 17.5. The van der Waals surface area contributed by atoms with Gasteiger partial charge in [0.2, 0.25) is 5.78 Å². The lowest BCUT2D eigenvalue weighted by molar-refractivity contribution is -0.0640. The zero-order chi connectivity index (χ0) is 28.9. The van der Waals surface area contributed by atoms with Crippen LogP contribution in [0.3, 0.4) is 0 Å². The molecule has 224 valence electrons. The Kier molecular flexibility index (Phi) is 7.76. The minimum Gasteiger partial charge on any atom is -0.364 e. The summed E-state index contributed by atoms with van der Waals surface area (Å²) >= 11 is 0. The molecule has 4 heterocycles. The molecule has 1 amide bonds. The van der Waals surface area contributed by atoms with Gasteiger partial charge in [0, 0.05) is 17.9 Å². The maximum absolute atomic E-state index is 14.2. The molecule has 0 aromatic carbocycles. The van der Waals surface area contributed by atoms with Crippen molar-refractivity contribution >= 4 is 11.7 Å². The molecule has 0 saturated heterocycles. The monoisotopic (exact) mass is 561 g/mol. The van der Waals surface area contributed by atoms with Gasteiger partial charge in [0.15, 0.2) is 0 Å². The van der Waals surface area contributed by atoms with Crippen molar-refractivity contribution in [3.05, 3.63) is 48.0 Å². The highest BCUT2D eigenvalue weighted by molar-refractivity contribution is 5.99. The van der Waals surface area contributed by atoms with Gasteiger partial charge in [-0.25, -0.2) is 0 Å². The van der Waals surface area contributed by atoms with E-state index in [4.69, 9.17) is 4.74 Å².